The molecule has 1 saturated heterocycles. The van der Waals surface area contributed by atoms with Gasteiger partial charge in [-0.15, -0.1) is 0 Å². The lowest BCUT2D eigenvalue weighted by Gasteiger charge is -2.36. The van der Waals surface area contributed by atoms with E-state index in [1.165, 1.54) is 5.56 Å². The van der Waals surface area contributed by atoms with Crippen LogP contribution in [0.2, 0.25) is 0 Å². The number of hydrogen-bond donors (Lipinski definition) is 2. The van der Waals surface area contributed by atoms with Crippen LogP contribution in [-0.4, -0.2) is 41.6 Å². The lowest BCUT2D eigenvalue weighted by Crippen LogP contribution is -2.47. The molecule has 132 valence electrons. The highest BCUT2D eigenvalue weighted by molar-refractivity contribution is 5.78. The van der Waals surface area contributed by atoms with Crippen molar-refractivity contribution in [1.82, 2.24) is 10.2 Å². The fraction of sp³-hybridized carbons (Fsp3) is 0.650. The first-order chi connectivity index (χ1) is 11.5. The number of nitrogens with one attached hydrogen (secondary N) is 1. The highest BCUT2D eigenvalue weighted by Gasteiger charge is 2.35. The molecule has 1 aliphatic carbocycles. The second-order valence-corrected chi connectivity index (χ2v) is 7.66. The van der Waals surface area contributed by atoms with Crippen LogP contribution in [0.25, 0.3) is 0 Å². The predicted octanol–water partition coefficient (Wildman–Crippen LogP) is 2.45. The normalized spacial score (nSPS) is 25.5. The summed E-state index contributed by atoms with van der Waals surface area (Å²) in [6, 6.07) is 8.63. The number of carbonyl (C=O) groups is 1. The number of nitrogens with zero attached hydrogens (tertiary/aromatic N) is 1. The van der Waals surface area contributed by atoms with E-state index in [-0.39, 0.29) is 11.8 Å². The average molecular weight is 330 g/mol. The Labute approximate surface area is 145 Å². The molecular weight excluding hydrogens is 300 g/mol. The first-order valence-corrected chi connectivity index (χ1v) is 9.32. The number of rotatable bonds is 4. The Bertz CT molecular complexity index is 579. The summed E-state index contributed by atoms with van der Waals surface area (Å²) < 4.78 is 0. The SMILES string of the molecule is CC(C)N1CCC(C(=O)NCC2(O)CCCc3ccccc32)CC1. The predicted molar refractivity (Wildman–Crippen MR) is 95.7 cm³/mol. The minimum atomic E-state index is -0.914. The van der Waals surface area contributed by atoms with Crippen molar-refractivity contribution in [1.29, 1.82) is 0 Å². The summed E-state index contributed by atoms with van der Waals surface area (Å²) in [5.41, 5.74) is 1.29. The number of amides is 1. The molecule has 1 aromatic rings. The third-order valence-corrected chi connectivity index (χ3v) is 5.74. The molecule has 2 N–H and O–H groups in total. The zero-order valence-electron chi connectivity index (χ0n) is 14.9. The summed E-state index contributed by atoms with van der Waals surface area (Å²) >= 11 is 0. The van der Waals surface area contributed by atoms with Gasteiger partial charge in [0.05, 0.1) is 6.54 Å². The molecule has 1 atom stereocenters. The molecule has 1 heterocycles. The van der Waals surface area contributed by atoms with Gasteiger partial charge in [0.15, 0.2) is 0 Å². The highest BCUT2D eigenvalue weighted by atomic mass is 16.3. The minimum absolute atomic E-state index is 0.0856. The number of carbonyl (C=O) groups excluding carboxylic acids is 1. The summed E-state index contributed by atoms with van der Waals surface area (Å²) in [7, 11) is 0. The molecule has 2 aliphatic rings. The van der Waals surface area contributed by atoms with Gasteiger partial charge < -0.3 is 15.3 Å². The quantitative estimate of drug-likeness (QED) is 0.891. The van der Waals surface area contributed by atoms with Crippen molar-refractivity contribution in [3.8, 4) is 0 Å². The average Bonchev–Trinajstić information content (AvgIpc) is 2.60. The molecule has 1 fully saturated rings. The van der Waals surface area contributed by atoms with E-state index in [0.29, 0.717) is 12.6 Å². The van der Waals surface area contributed by atoms with Gasteiger partial charge in [-0.1, -0.05) is 24.3 Å². The first kappa shape index (κ1) is 17.4. The van der Waals surface area contributed by atoms with Crippen LogP contribution in [-0.2, 0) is 16.8 Å². The van der Waals surface area contributed by atoms with Crippen molar-refractivity contribution in [3.05, 3.63) is 35.4 Å². The van der Waals surface area contributed by atoms with Gasteiger partial charge in [-0.2, -0.15) is 0 Å². The van der Waals surface area contributed by atoms with Gasteiger partial charge in [0.2, 0.25) is 5.91 Å². The monoisotopic (exact) mass is 330 g/mol. The smallest absolute Gasteiger partial charge is 0.223 e. The molecule has 0 saturated carbocycles. The highest BCUT2D eigenvalue weighted by Crippen LogP contribution is 2.34. The molecule has 3 rings (SSSR count). The topological polar surface area (TPSA) is 52.6 Å². The Balaban J connectivity index is 1.57. The maximum Gasteiger partial charge on any atom is 0.223 e. The molecule has 1 aliphatic heterocycles. The van der Waals surface area contributed by atoms with Gasteiger partial charge in [-0.05, 0) is 70.2 Å². The number of fused-ring (bicyclic) bond motifs is 1. The molecule has 0 spiro atoms. The van der Waals surface area contributed by atoms with Gasteiger partial charge in [-0.25, -0.2) is 0 Å². The molecule has 1 unspecified atom stereocenters. The zero-order chi connectivity index (χ0) is 17.2. The van der Waals surface area contributed by atoms with Crippen LogP contribution in [0.5, 0.6) is 0 Å². The van der Waals surface area contributed by atoms with E-state index in [0.717, 1.165) is 50.8 Å². The molecule has 1 amide bonds. The van der Waals surface area contributed by atoms with Crippen molar-refractivity contribution >= 4 is 5.91 Å². The Morgan fingerprint density at radius 2 is 2.04 bits per heavy atom. The Morgan fingerprint density at radius 3 is 2.75 bits per heavy atom. The fourth-order valence-corrected chi connectivity index (χ4v) is 4.14. The van der Waals surface area contributed by atoms with Crippen molar-refractivity contribution in [2.24, 2.45) is 5.92 Å². The number of aryl methyl sites for hydroxylation is 1. The summed E-state index contributed by atoms with van der Waals surface area (Å²) in [5.74, 6) is 0.192. The van der Waals surface area contributed by atoms with E-state index in [1.54, 1.807) is 0 Å². The van der Waals surface area contributed by atoms with E-state index in [9.17, 15) is 9.90 Å². The largest absolute Gasteiger partial charge is 0.383 e. The lowest BCUT2D eigenvalue weighted by molar-refractivity contribution is -0.128. The lowest BCUT2D eigenvalue weighted by atomic mass is 9.79. The summed E-state index contributed by atoms with van der Waals surface area (Å²) in [5, 5.41) is 14.1. The third kappa shape index (κ3) is 3.65. The second kappa shape index (κ2) is 7.24. The zero-order valence-corrected chi connectivity index (χ0v) is 14.9. The van der Waals surface area contributed by atoms with Gasteiger partial charge in [-0.3, -0.25) is 4.79 Å². The van der Waals surface area contributed by atoms with Crippen molar-refractivity contribution in [2.45, 2.75) is 57.6 Å². The molecule has 1 aromatic carbocycles. The first-order valence-electron chi connectivity index (χ1n) is 9.32. The Morgan fingerprint density at radius 1 is 1.33 bits per heavy atom. The summed E-state index contributed by atoms with van der Waals surface area (Å²) in [4.78, 5) is 15.0. The number of likely N-dealkylation sites (tertiary alicyclic amines) is 1. The summed E-state index contributed by atoms with van der Waals surface area (Å²) in [6.45, 7) is 6.71. The van der Waals surface area contributed by atoms with Gasteiger partial charge in [0.25, 0.3) is 0 Å². The molecular formula is C20H30N2O2. The van der Waals surface area contributed by atoms with E-state index in [1.807, 2.05) is 18.2 Å². The van der Waals surface area contributed by atoms with Crippen molar-refractivity contribution in [2.75, 3.05) is 19.6 Å². The number of benzene rings is 1. The van der Waals surface area contributed by atoms with Crippen LogP contribution < -0.4 is 5.32 Å². The van der Waals surface area contributed by atoms with E-state index >= 15 is 0 Å². The minimum Gasteiger partial charge on any atom is -0.383 e. The van der Waals surface area contributed by atoms with Gasteiger partial charge in [0.1, 0.15) is 5.60 Å². The number of piperidine rings is 1. The molecule has 24 heavy (non-hydrogen) atoms. The van der Waals surface area contributed by atoms with Crippen molar-refractivity contribution < 1.29 is 9.90 Å². The number of hydrogen-bond acceptors (Lipinski definition) is 3. The maximum atomic E-state index is 12.5. The summed E-state index contributed by atoms with van der Waals surface area (Å²) in [6.07, 6.45) is 4.53. The Kier molecular flexibility index (Phi) is 5.26. The van der Waals surface area contributed by atoms with E-state index in [4.69, 9.17) is 0 Å². The van der Waals surface area contributed by atoms with E-state index in [2.05, 4.69) is 30.1 Å². The molecule has 4 heteroatoms. The van der Waals surface area contributed by atoms with E-state index < -0.39 is 5.60 Å². The molecule has 0 radical (unpaired) electrons. The van der Waals surface area contributed by atoms with Crippen LogP contribution in [0, 0.1) is 5.92 Å². The third-order valence-electron chi connectivity index (χ3n) is 5.74. The van der Waals surface area contributed by atoms with Crippen LogP contribution in [0.1, 0.15) is 50.7 Å². The second-order valence-electron chi connectivity index (χ2n) is 7.66. The van der Waals surface area contributed by atoms with Crippen LogP contribution in [0.3, 0.4) is 0 Å². The number of aliphatic hydroxyl groups is 1. The molecule has 0 aromatic heterocycles. The van der Waals surface area contributed by atoms with Crippen LogP contribution in [0.15, 0.2) is 24.3 Å². The maximum absolute atomic E-state index is 12.5. The molecule has 4 nitrogen and oxygen atoms in total. The Hall–Kier alpha value is -1.39. The standard InChI is InChI=1S/C20H30N2O2/c1-15(2)22-12-9-17(10-13-22)19(23)21-14-20(24)11-5-7-16-6-3-4-8-18(16)20/h3-4,6,8,15,17,24H,5,7,9-14H2,1-2H3,(H,21,23). The fourth-order valence-electron chi connectivity index (χ4n) is 4.14. The van der Waals surface area contributed by atoms with Crippen molar-refractivity contribution in [3.63, 3.8) is 0 Å². The van der Waals surface area contributed by atoms with Gasteiger partial charge >= 0.3 is 0 Å². The van der Waals surface area contributed by atoms with Crippen LogP contribution >= 0.6 is 0 Å². The molecule has 0 bridgehead atoms. The van der Waals surface area contributed by atoms with Gasteiger partial charge in [0, 0.05) is 12.0 Å². The van der Waals surface area contributed by atoms with Crippen LogP contribution in [0.4, 0.5) is 0 Å².